The fraction of sp³-hybridized carbons (Fsp3) is 0.625. The minimum atomic E-state index is -0.0957. The average Bonchev–Trinajstić information content (AvgIpc) is 2.38. The van der Waals surface area contributed by atoms with E-state index in [4.69, 9.17) is 5.73 Å². The van der Waals surface area contributed by atoms with Crippen molar-refractivity contribution in [3.63, 3.8) is 0 Å². The zero-order valence-electron chi connectivity index (χ0n) is 11.6. The lowest BCUT2D eigenvalue weighted by molar-refractivity contribution is 0.297. The monoisotopic (exact) mass is 247 g/mol. The van der Waals surface area contributed by atoms with Crippen molar-refractivity contribution >= 4 is 0 Å². The topological polar surface area (TPSA) is 46.2 Å². The molecule has 18 heavy (non-hydrogen) atoms. The van der Waals surface area contributed by atoms with Crippen LogP contribution in [0.3, 0.4) is 0 Å². The molecule has 0 bridgehead atoms. The molecule has 1 unspecified atom stereocenters. The van der Waals surface area contributed by atoms with Crippen LogP contribution in [0.1, 0.15) is 51.5 Å². The molecule has 2 nitrogen and oxygen atoms in total. The Morgan fingerprint density at radius 3 is 2.67 bits per heavy atom. The number of hydrogen-bond acceptors (Lipinski definition) is 2. The van der Waals surface area contributed by atoms with E-state index in [0.29, 0.717) is 11.2 Å². The summed E-state index contributed by atoms with van der Waals surface area (Å²) in [5, 5.41) is 9.52. The van der Waals surface area contributed by atoms with E-state index in [0.717, 1.165) is 24.8 Å². The van der Waals surface area contributed by atoms with Crippen LogP contribution in [0.4, 0.5) is 0 Å². The van der Waals surface area contributed by atoms with E-state index in [-0.39, 0.29) is 5.54 Å². The lowest BCUT2D eigenvalue weighted by Gasteiger charge is -2.29. The minimum Gasteiger partial charge on any atom is -0.508 e. The second-order valence-electron chi connectivity index (χ2n) is 6.73. The van der Waals surface area contributed by atoms with Crippen LogP contribution >= 0.6 is 0 Å². The van der Waals surface area contributed by atoms with Crippen LogP contribution < -0.4 is 5.73 Å². The molecule has 1 fully saturated rings. The first-order chi connectivity index (χ1) is 8.39. The van der Waals surface area contributed by atoms with Crippen molar-refractivity contribution in [3.05, 3.63) is 29.8 Å². The molecular weight excluding hydrogens is 222 g/mol. The number of rotatable bonds is 2. The standard InChI is InChI=1S/C16H25NO/c1-15(2)7-4-8-16(17,10-9-15)12-13-5-3-6-14(18)11-13/h3,5-6,11,18H,4,7-10,12,17H2,1-2H3. The summed E-state index contributed by atoms with van der Waals surface area (Å²) in [7, 11) is 0. The van der Waals surface area contributed by atoms with Crippen LogP contribution in [-0.2, 0) is 6.42 Å². The van der Waals surface area contributed by atoms with Gasteiger partial charge in [-0.3, -0.25) is 0 Å². The van der Waals surface area contributed by atoms with E-state index in [9.17, 15) is 5.11 Å². The summed E-state index contributed by atoms with van der Waals surface area (Å²) in [5.74, 6) is 0.338. The highest BCUT2D eigenvalue weighted by molar-refractivity contribution is 5.28. The van der Waals surface area contributed by atoms with Gasteiger partial charge in [-0.2, -0.15) is 0 Å². The van der Waals surface area contributed by atoms with Gasteiger partial charge < -0.3 is 10.8 Å². The molecule has 1 atom stereocenters. The van der Waals surface area contributed by atoms with Crippen LogP contribution in [0.15, 0.2) is 24.3 Å². The van der Waals surface area contributed by atoms with Gasteiger partial charge in [-0.1, -0.05) is 32.4 Å². The van der Waals surface area contributed by atoms with Gasteiger partial charge in [0.15, 0.2) is 0 Å². The first kappa shape index (κ1) is 13.4. The highest BCUT2D eigenvalue weighted by Crippen LogP contribution is 2.38. The summed E-state index contributed by atoms with van der Waals surface area (Å²) in [5.41, 5.74) is 8.07. The van der Waals surface area contributed by atoms with Crippen molar-refractivity contribution in [1.29, 1.82) is 0 Å². The normalized spacial score (nSPS) is 27.7. The molecule has 0 aliphatic heterocycles. The maximum Gasteiger partial charge on any atom is 0.115 e. The molecule has 1 saturated carbocycles. The fourth-order valence-corrected chi connectivity index (χ4v) is 3.01. The van der Waals surface area contributed by atoms with Gasteiger partial charge in [-0.15, -0.1) is 0 Å². The van der Waals surface area contributed by atoms with Crippen LogP contribution in [0.25, 0.3) is 0 Å². The molecular formula is C16H25NO. The molecule has 0 heterocycles. The Morgan fingerprint density at radius 1 is 1.17 bits per heavy atom. The first-order valence-electron chi connectivity index (χ1n) is 6.95. The van der Waals surface area contributed by atoms with Gasteiger partial charge in [0.1, 0.15) is 5.75 Å². The van der Waals surface area contributed by atoms with Gasteiger partial charge in [-0.05, 0) is 55.2 Å². The molecule has 1 aromatic rings. The number of phenolic OH excluding ortho intramolecular Hbond substituents is 1. The van der Waals surface area contributed by atoms with Crippen LogP contribution in [0.2, 0.25) is 0 Å². The number of phenols is 1. The third kappa shape index (κ3) is 3.49. The Balaban J connectivity index is 2.07. The first-order valence-corrected chi connectivity index (χ1v) is 6.95. The maximum atomic E-state index is 9.52. The van der Waals surface area contributed by atoms with Crippen molar-refractivity contribution in [3.8, 4) is 5.75 Å². The minimum absolute atomic E-state index is 0.0957. The van der Waals surface area contributed by atoms with Gasteiger partial charge >= 0.3 is 0 Å². The second-order valence-corrected chi connectivity index (χ2v) is 6.73. The summed E-state index contributed by atoms with van der Waals surface area (Å²) in [6, 6.07) is 7.51. The summed E-state index contributed by atoms with van der Waals surface area (Å²) in [6.45, 7) is 4.68. The van der Waals surface area contributed by atoms with Crippen molar-refractivity contribution in [2.45, 2.75) is 57.9 Å². The molecule has 0 aromatic heterocycles. The van der Waals surface area contributed by atoms with Crippen molar-refractivity contribution < 1.29 is 5.11 Å². The van der Waals surface area contributed by atoms with E-state index in [1.807, 2.05) is 12.1 Å². The molecule has 1 aromatic carbocycles. The third-order valence-corrected chi connectivity index (χ3v) is 4.29. The van der Waals surface area contributed by atoms with Crippen LogP contribution in [0.5, 0.6) is 5.75 Å². The molecule has 0 saturated heterocycles. The molecule has 0 amide bonds. The lowest BCUT2D eigenvalue weighted by Crippen LogP contribution is -2.41. The quantitative estimate of drug-likeness (QED) is 0.784. The molecule has 1 aliphatic carbocycles. The highest BCUT2D eigenvalue weighted by atomic mass is 16.3. The van der Waals surface area contributed by atoms with E-state index in [1.165, 1.54) is 19.3 Å². The predicted molar refractivity (Wildman–Crippen MR) is 75.6 cm³/mol. The Morgan fingerprint density at radius 2 is 1.94 bits per heavy atom. The number of benzene rings is 1. The molecule has 2 heteroatoms. The zero-order valence-corrected chi connectivity index (χ0v) is 11.6. The summed E-state index contributed by atoms with van der Waals surface area (Å²) < 4.78 is 0. The summed E-state index contributed by atoms with van der Waals surface area (Å²) in [4.78, 5) is 0. The Hall–Kier alpha value is -1.02. The van der Waals surface area contributed by atoms with E-state index >= 15 is 0 Å². The second kappa shape index (κ2) is 4.93. The largest absolute Gasteiger partial charge is 0.508 e. The number of hydrogen-bond donors (Lipinski definition) is 2. The van der Waals surface area contributed by atoms with Gasteiger partial charge in [0.25, 0.3) is 0 Å². The zero-order chi connectivity index (χ0) is 13.2. The molecule has 1 aliphatic rings. The maximum absolute atomic E-state index is 9.52. The highest BCUT2D eigenvalue weighted by Gasteiger charge is 2.32. The van der Waals surface area contributed by atoms with Crippen LogP contribution in [-0.4, -0.2) is 10.6 Å². The fourth-order valence-electron chi connectivity index (χ4n) is 3.01. The van der Waals surface area contributed by atoms with E-state index in [1.54, 1.807) is 6.07 Å². The Bertz CT molecular complexity index is 413. The lowest BCUT2D eigenvalue weighted by atomic mass is 9.81. The van der Waals surface area contributed by atoms with Gasteiger partial charge in [0.05, 0.1) is 0 Å². The smallest absolute Gasteiger partial charge is 0.115 e. The van der Waals surface area contributed by atoms with E-state index < -0.39 is 0 Å². The van der Waals surface area contributed by atoms with Crippen molar-refractivity contribution in [2.24, 2.45) is 11.1 Å². The predicted octanol–water partition coefficient (Wildman–Crippen LogP) is 3.62. The number of nitrogens with two attached hydrogens (primary N) is 1. The van der Waals surface area contributed by atoms with Gasteiger partial charge in [0, 0.05) is 5.54 Å². The van der Waals surface area contributed by atoms with E-state index in [2.05, 4.69) is 19.9 Å². The van der Waals surface area contributed by atoms with Gasteiger partial charge in [0.2, 0.25) is 0 Å². The number of aromatic hydroxyl groups is 1. The molecule has 2 rings (SSSR count). The molecule has 0 spiro atoms. The summed E-state index contributed by atoms with van der Waals surface area (Å²) >= 11 is 0. The van der Waals surface area contributed by atoms with Crippen LogP contribution in [0, 0.1) is 5.41 Å². The summed E-state index contributed by atoms with van der Waals surface area (Å²) in [6.07, 6.45) is 6.72. The average molecular weight is 247 g/mol. The van der Waals surface area contributed by atoms with Crippen molar-refractivity contribution in [2.75, 3.05) is 0 Å². The SMILES string of the molecule is CC1(C)CCCC(N)(Cc2cccc(O)c2)CC1. The van der Waals surface area contributed by atoms with Gasteiger partial charge in [-0.25, -0.2) is 0 Å². The van der Waals surface area contributed by atoms with Crippen molar-refractivity contribution in [1.82, 2.24) is 0 Å². The third-order valence-electron chi connectivity index (χ3n) is 4.29. The molecule has 100 valence electrons. The Kier molecular flexibility index (Phi) is 3.67. The molecule has 3 N–H and O–H groups in total. The Labute approximate surface area is 110 Å². The molecule has 0 radical (unpaired) electrons.